The second-order valence-corrected chi connectivity index (χ2v) is 7.94. The van der Waals surface area contributed by atoms with Gasteiger partial charge in [-0.05, 0) is 56.2 Å². The molecule has 2 heterocycles. The third kappa shape index (κ3) is 4.18. The van der Waals surface area contributed by atoms with Crippen LogP contribution in [-0.2, 0) is 17.6 Å². The van der Waals surface area contributed by atoms with E-state index in [1.807, 2.05) is 29.1 Å². The normalized spacial score (nSPS) is 15.7. The predicted molar refractivity (Wildman–Crippen MR) is 98.5 cm³/mol. The fourth-order valence-corrected chi connectivity index (χ4v) is 4.48. The minimum atomic E-state index is -0.166. The van der Waals surface area contributed by atoms with Crippen LogP contribution >= 0.6 is 23.1 Å². The van der Waals surface area contributed by atoms with Gasteiger partial charge in [-0.1, -0.05) is 6.42 Å². The van der Waals surface area contributed by atoms with Gasteiger partial charge in [-0.2, -0.15) is 11.8 Å². The Hall–Kier alpha value is -1.27. The molecular weight excluding hydrogens is 326 g/mol. The highest BCUT2D eigenvalue weighted by Crippen LogP contribution is 2.29. The molecule has 0 saturated carbocycles. The van der Waals surface area contributed by atoms with Gasteiger partial charge >= 0.3 is 0 Å². The summed E-state index contributed by atoms with van der Waals surface area (Å²) in [5, 5.41) is 3.82. The zero-order valence-electron chi connectivity index (χ0n) is 13.5. The molecule has 1 aliphatic rings. The number of fused-ring (bicyclic) bond motifs is 1. The summed E-state index contributed by atoms with van der Waals surface area (Å²) < 4.78 is 1.99. The second kappa shape index (κ2) is 8.02. The number of hydrogen-bond acceptors (Lipinski definition) is 4. The standard InChI is InChI=1S/C17H23N3OS2/c1-22-12-9-14(20-10-5-6-11-20)16(21)19-17-18-13-7-3-2-4-8-15(13)23-17/h5-6,10-11,14H,2-4,7-9,12H2,1H3,(H,18,19,21)/t14-/m0/s1. The van der Waals surface area contributed by atoms with Crippen LogP contribution in [0.2, 0.25) is 0 Å². The highest BCUT2D eigenvalue weighted by Gasteiger charge is 2.22. The maximum Gasteiger partial charge on any atom is 0.249 e. The lowest BCUT2D eigenvalue weighted by Crippen LogP contribution is -2.25. The Morgan fingerprint density at radius 1 is 1.35 bits per heavy atom. The van der Waals surface area contributed by atoms with Crippen molar-refractivity contribution in [2.75, 3.05) is 17.3 Å². The highest BCUT2D eigenvalue weighted by molar-refractivity contribution is 7.98. The van der Waals surface area contributed by atoms with E-state index in [0.29, 0.717) is 0 Å². The molecule has 0 radical (unpaired) electrons. The first-order valence-corrected chi connectivity index (χ1v) is 10.4. The van der Waals surface area contributed by atoms with Crippen LogP contribution in [0.3, 0.4) is 0 Å². The molecule has 2 aromatic heterocycles. The van der Waals surface area contributed by atoms with Crippen molar-refractivity contribution in [3.05, 3.63) is 35.1 Å². The van der Waals surface area contributed by atoms with Crippen LogP contribution in [0, 0.1) is 0 Å². The molecule has 0 aromatic carbocycles. The number of nitrogens with zero attached hydrogens (tertiary/aromatic N) is 2. The number of thioether (sulfide) groups is 1. The number of amides is 1. The van der Waals surface area contributed by atoms with Crippen molar-refractivity contribution in [3.63, 3.8) is 0 Å². The number of nitrogens with one attached hydrogen (secondary N) is 1. The maximum atomic E-state index is 12.7. The molecule has 0 bridgehead atoms. The van der Waals surface area contributed by atoms with Gasteiger partial charge in [-0.15, -0.1) is 11.3 Å². The van der Waals surface area contributed by atoms with Crippen LogP contribution in [0.4, 0.5) is 5.13 Å². The van der Waals surface area contributed by atoms with E-state index < -0.39 is 0 Å². The molecular formula is C17H23N3OS2. The van der Waals surface area contributed by atoms with Gasteiger partial charge in [0.2, 0.25) is 5.91 Å². The van der Waals surface area contributed by atoms with Crippen molar-refractivity contribution in [2.24, 2.45) is 0 Å². The number of carbonyl (C=O) groups is 1. The van der Waals surface area contributed by atoms with Gasteiger partial charge in [0, 0.05) is 17.3 Å². The minimum absolute atomic E-state index is 0.0409. The van der Waals surface area contributed by atoms with Crippen molar-refractivity contribution < 1.29 is 4.79 Å². The molecule has 2 aromatic rings. The van der Waals surface area contributed by atoms with Gasteiger partial charge in [0.15, 0.2) is 5.13 Å². The van der Waals surface area contributed by atoms with Gasteiger partial charge in [-0.25, -0.2) is 4.98 Å². The topological polar surface area (TPSA) is 46.9 Å². The molecule has 1 N–H and O–H groups in total. The van der Waals surface area contributed by atoms with Gasteiger partial charge in [0.1, 0.15) is 6.04 Å². The lowest BCUT2D eigenvalue weighted by molar-refractivity contribution is -0.119. The van der Waals surface area contributed by atoms with Crippen LogP contribution in [0.5, 0.6) is 0 Å². The molecule has 124 valence electrons. The molecule has 4 nitrogen and oxygen atoms in total. The van der Waals surface area contributed by atoms with Gasteiger partial charge < -0.3 is 9.88 Å². The fraction of sp³-hybridized carbons (Fsp3) is 0.529. The van der Waals surface area contributed by atoms with Crippen LogP contribution in [0.1, 0.15) is 42.3 Å². The molecule has 1 amide bonds. The molecule has 0 aliphatic heterocycles. The SMILES string of the molecule is CSCC[C@@H](C(=O)Nc1nc2c(s1)CCCCC2)n1cccc1. The molecule has 1 aliphatic carbocycles. The first kappa shape index (κ1) is 16.6. The van der Waals surface area contributed by atoms with E-state index in [1.165, 1.54) is 29.8 Å². The largest absolute Gasteiger partial charge is 0.342 e. The number of rotatable bonds is 6. The number of thiazole rings is 1. The zero-order valence-corrected chi connectivity index (χ0v) is 15.1. The maximum absolute atomic E-state index is 12.7. The minimum Gasteiger partial charge on any atom is -0.342 e. The van der Waals surface area contributed by atoms with Gasteiger partial charge in [-0.3, -0.25) is 4.79 Å². The monoisotopic (exact) mass is 349 g/mol. The highest BCUT2D eigenvalue weighted by atomic mass is 32.2. The van der Waals surface area contributed by atoms with Crippen molar-refractivity contribution in [1.29, 1.82) is 0 Å². The molecule has 0 unspecified atom stereocenters. The number of aryl methyl sites for hydroxylation is 2. The van der Waals surface area contributed by atoms with E-state index >= 15 is 0 Å². The molecule has 1 atom stereocenters. The van der Waals surface area contributed by atoms with E-state index in [-0.39, 0.29) is 11.9 Å². The van der Waals surface area contributed by atoms with Crippen molar-refractivity contribution >= 4 is 34.1 Å². The van der Waals surface area contributed by atoms with Crippen LogP contribution in [-0.4, -0.2) is 27.5 Å². The summed E-state index contributed by atoms with van der Waals surface area (Å²) in [7, 11) is 0. The van der Waals surface area contributed by atoms with E-state index in [9.17, 15) is 4.79 Å². The van der Waals surface area contributed by atoms with Crippen LogP contribution in [0.15, 0.2) is 24.5 Å². The van der Waals surface area contributed by atoms with E-state index in [2.05, 4.69) is 16.6 Å². The van der Waals surface area contributed by atoms with Gasteiger partial charge in [0.25, 0.3) is 0 Å². The summed E-state index contributed by atoms with van der Waals surface area (Å²) in [5.41, 5.74) is 1.20. The summed E-state index contributed by atoms with van der Waals surface area (Å²) in [6.45, 7) is 0. The Balaban J connectivity index is 1.71. The van der Waals surface area contributed by atoms with Crippen molar-refractivity contribution in [2.45, 2.75) is 44.6 Å². The third-order valence-corrected chi connectivity index (χ3v) is 5.93. The Kier molecular flexibility index (Phi) is 5.78. The lowest BCUT2D eigenvalue weighted by Gasteiger charge is -2.17. The molecule has 0 saturated heterocycles. The molecule has 0 spiro atoms. The fourth-order valence-electron chi connectivity index (χ4n) is 2.97. The van der Waals surface area contributed by atoms with Crippen LogP contribution < -0.4 is 5.32 Å². The Morgan fingerprint density at radius 3 is 2.91 bits per heavy atom. The Bertz CT molecular complexity index is 613. The molecule has 3 rings (SSSR count). The molecule has 0 fully saturated rings. The Morgan fingerprint density at radius 2 is 2.13 bits per heavy atom. The van der Waals surface area contributed by atoms with E-state index in [4.69, 9.17) is 0 Å². The third-order valence-electron chi connectivity index (χ3n) is 4.21. The van der Waals surface area contributed by atoms with Crippen molar-refractivity contribution in [1.82, 2.24) is 9.55 Å². The lowest BCUT2D eigenvalue weighted by atomic mass is 10.2. The average Bonchev–Trinajstić information content (AvgIpc) is 3.14. The average molecular weight is 350 g/mol. The summed E-state index contributed by atoms with van der Waals surface area (Å²) in [4.78, 5) is 18.8. The first-order chi connectivity index (χ1) is 11.3. The summed E-state index contributed by atoms with van der Waals surface area (Å²) >= 11 is 3.43. The number of carbonyl (C=O) groups excluding carboxylic acids is 1. The van der Waals surface area contributed by atoms with E-state index in [1.54, 1.807) is 23.1 Å². The number of anilines is 1. The second-order valence-electron chi connectivity index (χ2n) is 5.87. The number of aromatic nitrogens is 2. The first-order valence-electron chi connectivity index (χ1n) is 8.19. The predicted octanol–water partition coefficient (Wildman–Crippen LogP) is 4.15. The van der Waals surface area contributed by atoms with E-state index in [0.717, 1.165) is 30.1 Å². The van der Waals surface area contributed by atoms with Crippen molar-refractivity contribution in [3.8, 4) is 0 Å². The van der Waals surface area contributed by atoms with Crippen LogP contribution in [0.25, 0.3) is 0 Å². The molecule has 23 heavy (non-hydrogen) atoms. The number of hydrogen-bond donors (Lipinski definition) is 1. The smallest absolute Gasteiger partial charge is 0.249 e. The zero-order chi connectivity index (χ0) is 16.1. The summed E-state index contributed by atoms with van der Waals surface area (Å²) in [5.74, 6) is 1.00. The summed E-state index contributed by atoms with van der Waals surface area (Å²) in [6, 6.07) is 3.76. The molecule has 6 heteroatoms. The summed E-state index contributed by atoms with van der Waals surface area (Å²) in [6.07, 6.45) is 12.7. The van der Waals surface area contributed by atoms with Gasteiger partial charge in [0.05, 0.1) is 5.69 Å². The Labute approximate surface area is 145 Å². The quantitative estimate of drug-likeness (QED) is 0.797.